The van der Waals surface area contributed by atoms with Crippen LogP contribution in [0, 0.1) is 0 Å². The Labute approximate surface area is 131 Å². The van der Waals surface area contributed by atoms with Crippen molar-refractivity contribution in [3.8, 4) is 24.6 Å². The Morgan fingerprint density at radius 2 is 1.45 bits per heavy atom. The molecule has 3 heterocycles. The summed E-state index contributed by atoms with van der Waals surface area (Å²) in [6.45, 7) is 6.23. The minimum Gasteiger partial charge on any atom is -0.479 e. The van der Waals surface area contributed by atoms with Crippen molar-refractivity contribution in [1.82, 2.24) is 0 Å². The van der Waals surface area contributed by atoms with Crippen LogP contribution in [0.3, 0.4) is 0 Å². The van der Waals surface area contributed by atoms with E-state index in [9.17, 15) is 0 Å². The average molecular weight is 321 g/mol. The molecule has 0 atom stereocenters. The molecule has 0 unspecified atom stereocenters. The predicted molar refractivity (Wildman–Crippen MR) is 91.3 cm³/mol. The second kappa shape index (κ2) is 5.35. The zero-order valence-electron chi connectivity index (χ0n) is 11.7. The molecule has 104 valence electrons. The third-order valence-electron chi connectivity index (χ3n) is 2.60. The van der Waals surface area contributed by atoms with Gasteiger partial charge in [0.25, 0.3) is 0 Å². The molecule has 0 bridgehead atoms. The molecule has 0 spiro atoms. The van der Waals surface area contributed by atoms with Gasteiger partial charge in [-0.25, -0.2) is 0 Å². The molecule has 0 aliphatic heterocycles. The first-order valence-corrected chi connectivity index (χ1v) is 8.95. The fourth-order valence-electron chi connectivity index (χ4n) is 1.83. The van der Waals surface area contributed by atoms with Gasteiger partial charge in [-0.2, -0.15) is 0 Å². The van der Waals surface area contributed by atoms with Crippen molar-refractivity contribution in [2.45, 2.75) is 26.4 Å². The second-order valence-corrected chi connectivity index (χ2v) is 8.55. The lowest BCUT2D eigenvalue weighted by molar-refractivity contribution is 0.136. The topological polar surface area (TPSA) is 9.23 Å². The molecule has 4 heteroatoms. The Morgan fingerprint density at radius 3 is 2.10 bits per heavy atom. The molecule has 0 amide bonds. The van der Waals surface area contributed by atoms with E-state index in [-0.39, 0.29) is 5.60 Å². The number of hydrogen-bond acceptors (Lipinski definition) is 4. The fraction of sp³-hybridized carbons (Fsp3) is 0.250. The normalized spacial score (nSPS) is 11.8. The number of rotatable bonds is 3. The van der Waals surface area contributed by atoms with Crippen LogP contribution in [0.5, 0.6) is 5.06 Å². The monoisotopic (exact) mass is 320 g/mol. The first-order chi connectivity index (χ1) is 9.51. The lowest BCUT2D eigenvalue weighted by Crippen LogP contribution is -2.22. The predicted octanol–water partition coefficient (Wildman–Crippen LogP) is 6.38. The van der Waals surface area contributed by atoms with Gasteiger partial charge in [0.1, 0.15) is 5.60 Å². The molecule has 0 aliphatic rings. The van der Waals surface area contributed by atoms with Gasteiger partial charge < -0.3 is 4.74 Å². The lowest BCUT2D eigenvalue weighted by atomic mass is 10.2. The van der Waals surface area contributed by atoms with Crippen molar-refractivity contribution >= 4 is 34.0 Å². The maximum atomic E-state index is 5.91. The summed E-state index contributed by atoms with van der Waals surface area (Å²) in [5.41, 5.74) is -0.139. The van der Waals surface area contributed by atoms with Gasteiger partial charge in [-0.15, -0.1) is 22.7 Å². The SMILES string of the molecule is CC(C)(C)Oc1ccc(-c2ccc(-c3cccs3)s2)s1. The van der Waals surface area contributed by atoms with Crippen LogP contribution in [-0.4, -0.2) is 5.60 Å². The molecular formula is C16H16OS3. The number of ether oxygens (including phenoxy) is 1. The molecule has 1 nitrogen and oxygen atoms in total. The molecular weight excluding hydrogens is 304 g/mol. The highest BCUT2D eigenvalue weighted by Gasteiger charge is 2.14. The van der Waals surface area contributed by atoms with Crippen molar-refractivity contribution in [2.24, 2.45) is 0 Å². The van der Waals surface area contributed by atoms with Crippen molar-refractivity contribution in [3.63, 3.8) is 0 Å². The van der Waals surface area contributed by atoms with E-state index in [1.165, 1.54) is 19.5 Å². The van der Waals surface area contributed by atoms with Gasteiger partial charge in [-0.3, -0.25) is 0 Å². The highest BCUT2D eigenvalue weighted by molar-refractivity contribution is 7.26. The van der Waals surface area contributed by atoms with Crippen LogP contribution in [0.15, 0.2) is 41.8 Å². The first-order valence-electron chi connectivity index (χ1n) is 6.44. The van der Waals surface area contributed by atoms with E-state index in [1.807, 2.05) is 11.3 Å². The molecule has 0 N–H and O–H groups in total. The zero-order valence-corrected chi connectivity index (χ0v) is 14.1. The highest BCUT2D eigenvalue weighted by Crippen LogP contribution is 2.41. The summed E-state index contributed by atoms with van der Waals surface area (Å²) in [6.07, 6.45) is 0. The van der Waals surface area contributed by atoms with E-state index in [4.69, 9.17) is 4.74 Å². The zero-order chi connectivity index (χ0) is 14.2. The van der Waals surface area contributed by atoms with Gasteiger partial charge in [0.05, 0.1) is 0 Å². The molecule has 0 saturated carbocycles. The van der Waals surface area contributed by atoms with E-state index >= 15 is 0 Å². The van der Waals surface area contributed by atoms with Gasteiger partial charge in [0.15, 0.2) is 5.06 Å². The van der Waals surface area contributed by atoms with Gasteiger partial charge in [0, 0.05) is 19.5 Å². The number of hydrogen-bond donors (Lipinski definition) is 0. The maximum absolute atomic E-state index is 5.91. The summed E-state index contributed by atoms with van der Waals surface area (Å²) in [5.74, 6) is 0. The Kier molecular flexibility index (Phi) is 3.71. The maximum Gasteiger partial charge on any atom is 0.175 e. The van der Waals surface area contributed by atoms with Crippen LogP contribution >= 0.6 is 34.0 Å². The van der Waals surface area contributed by atoms with E-state index < -0.39 is 0 Å². The molecule has 3 aromatic rings. The summed E-state index contributed by atoms with van der Waals surface area (Å²) in [7, 11) is 0. The summed E-state index contributed by atoms with van der Waals surface area (Å²) in [4.78, 5) is 5.25. The average Bonchev–Trinajstić information content (AvgIpc) is 3.07. The third kappa shape index (κ3) is 3.14. The lowest BCUT2D eigenvalue weighted by Gasteiger charge is -2.19. The van der Waals surface area contributed by atoms with Gasteiger partial charge in [0.2, 0.25) is 0 Å². The Morgan fingerprint density at radius 1 is 0.800 bits per heavy atom. The Hall–Kier alpha value is -1.10. The minimum absolute atomic E-state index is 0.139. The molecule has 0 aliphatic carbocycles. The van der Waals surface area contributed by atoms with Crippen LogP contribution in [0.1, 0.15) is 20.8 Å². The molecule has 0 radical (unpaired) electrons. The van der Waals surface area contributed by atoms with Crippen LogP contribution in [0.4, 0.5) is 0 Å². The molecule has 20 heavy (non-hydrogen) atoms. The van der Waals surface area contributed by atoms with Crippen molar-refractivity contribution < 1.29 is 4.74 Å². The molecule has 0 fully saturated rings. The fourth-order valence-corrected chi connectivity index (χ4v) is 4.79. The molecule has 0 saturated heterocycles. The third-order valence-corrected chi connectivity index (χ3v) is 5.91. The summed E-state index contributed by atoms with van der Waals surface area (Å²) in [5, 5.41) is 3.10. The summed E-state index contributed by atoms with van der Waals surface area (Å²) in [6, 6.07) is 12.9. The molecule has 3 rings (SSSR count). The Bertz CT molecular complexity index is 683. The molecule has 0 aromatic carbocycles. The summed E-state index contributed by atoms with van der Waals surface area (Å²) >= 11 is 5.34. The van der Waals surface area contributed by atoms with Crippen LogP contribution in [0.2, 0.25) is 0 Å². The van der Waals surface area contributed by atoms with Gasteiger partial charge >= 0.3 is 0 Å². The van der Waals surface area contributed by atoms with E-state index in [1.54, 1.807) is 22.7 Å². The highest BCUT2D eigenvalue weighted by atomic mass is 32.1. The minimum atomic E-state index is -0.139. The largest absolute Gasteiger partial charge is 0.479 e. The van der Waals surface area contributed by atoms with E-state index in [0.29, 0.717) is 0 Å². The smallest absolute Gasteiger partial charge is 0.175 e. The van der Waals surface area contributed by atoms with Crippen molar-refractivity contribution in [3.05, 3.63) is 41.8 Å². The van der Waals surface area contributed by atoms with Gasteiger partial charge in [-0.05, 0) is 56.5 Å². The first kappa shape index (κ1) is 13.9. The van der Waals surface area contributed by atoms with Crippen LogP contribution in [0.25, 0.3) is 19.5 Å². The second-order valence-electron chi connectivity index (χ2n) is 5.47. The van der Waals surface area contributed by atoms with Gasteiger partial charge in [-0.1, -0.05) is 17.4 Å². The van der Waals surface area contributed by atoms with Crippen molar-refractivity contribution in [1.29, 1.82) is 0 Å². The Balaban J connectivity index is 1.83. The quantitative estimate of drug-likeness (QED) is 0.544. The van der Waals surface area contributed by atoms with Crippen LogP contribution in [-0.2, 0) is 0 Å². The van der Waals surface area contributed by atoms with E-state index in [0.717, 1.165) is 5.06 Å². The summed E-state index contributed by atoms with van der Waals surface area (Å²) < 4.78 is 5.91. The van der Waals surface area contributed by atoms with Crippen molar-refractivity contribution in [2.75, 3.05) is 0 Å². The standard InChI is InChI=1S/C16H16OS3/c1-16(2,3)17-15-9-8-14(20-15)13-7-6-12(19-13)11-5-4-10-18-11/h4-10H,1-3H3. The van der Waals surface area contributed by atoms with Crippen LogP contribution < -0.4 is 4.74 Å². The van der Waals surface area contributed by atoms with E-state index in [2.05, 4.69) is 62.5 Å². The molecule has 3 aromatic heterocycles. The number of thiophene rings is 3.